The van der Waals surface area contributed by atoms with Crippen molar-refractivity contribution in [1.82, 2.24) is 30.4 Å². The molecule has 2 aliphatic carbocycles. The maximum Gasteiger partial charge on any atom is 0.251 e. The molecule has 1 saturated carbocycles. The Morgan fingerprint density at radius 2 is 1.88 bits per heavy atom. The average Bonchev–Trinajstić information content (AvgIpc) is 3.94. The zero-order valence-electron chi connectivity index (χ0n) is 28.8. The van der Waals surface area contributed by atoms with E-state index in [4.69, 9.17) is 0 Å². The van der Waals surface area contributed by atoms with Crippen LogP contribution < -0.4 is 5.32 Å². The predicted molar refractivity (Wildman–Crippen MR) is 186 cm³/mol. The van der Waals surface area contributed by atoms with Gasteiger partial charge in [0.25, 0.3) is 5.91 Å². The van der Waals surface area contributed by atoms with E-state index < -0.39 is 29.5 Å². The predicted octanol–water partition coefficient (Wildman–Crippen LogP) is 5.79. The number of fused-ring (bicyclic) bond motifs is 2. The molecule has 2 fully saturated rings. The lowest BCUT2D eigenvalue weighted by Crippen LogP contribution is -2.42. The molecule has 3 atom stereocenters. The Kier molecular flexibility index (Phi) is 9.66. The Labute approximate surface area is 291 Å². The quantitative estimate of drug-likeness (QED) is 0.182. The zero-order chi connectivity index (χ0) is 35.0. The van der Waals surface area contributed by atoms with Crippen LogP contribution in [0.4, 0.5) is 8.78 Å². The molecule has 1 aliphatic heterocycles. The molecule has 9 nitrogen and oxygen atoms in total. The van der Waals surface area contributed by atoms with Gasteiger partial charge in [-0.25, -0.2) is 13.8 Å². The minimum absolute atomic E-state index is 0.0382. The van der Waals surface area contributed by atoms with Gasteiger partial charge in [0.2, 0.25) is 0 Å². The van der Waals surface area contributed by atoms with Crippen molar-refractivity contribution >= 4 is 16.8 Å². The van der Waals surface area contributed by atoms with Crippen molar-refractivity contribution in [2.24, 2.45) is 17.3 Å². The largest absolute Gasteiger partial charge is 0.396 e. The second kappa shape index (κ2) is 14.0. The number of alkyl halides is 1. The number of benzene rings is 1. The number of halogens is 2. The number of rotatable bonds is 11. The topological polar surface area (TPSA) is 124 Å². The molecule has 7 rings (SSSR count). The van der Waals surface area contributed by atoms with Crippen LogP contribution in [0, 0.1) is 23.1 Å². The molecule has 3 aromatic heterocycles. The van der Waals surface area contributed by atoms with Crippen molar-refractivity contribution in [1.29, 1.82) is 0 Å². The molecule has 4 aromatic rings. The number of nitrogens with zero attached hydrogens (tertiary/aromatic N) is 5. The molecule has 2 unspecified atom stereocenters. The summed E-state index contributed by atoms with van der Waals surface area (Å²) in [5.41, 5.74) is 2.58. The molecule has 0 spiro atoms. The second-order valence-electron chi connectivity index (χ2n) is 15.1. The van der Waals surface area contributed by atoms with E-state index in [1.807, 2.05) is 32.0 Å². The lowest BCUT2D eigenvalue weighted by atomic mass is 9.77. The number of nitrogens with one attached hydrogen (secondary N) is 1. The number of amides is 1. The van der Waals surface area contributed by atoms with Crippen molar-refractivity contribution in [3.8, 4) is 11.3 Å². The van der Waals surface area contributed by atoms with Crippen LogP contribution in [-0.2, 0) is 12.8 Å². The second-order valence-corrected chi connectivity index (χ2v) is 15.1. The van der Waals surface area contributed by atoms with Crippen LogP contribution >= 0.6 is 0 Å². The third-order valence-electron chi connectivity index (χ3n) is 11.6. The van der Waals surface area contributed by atoms with Crippen LogP contribution in [0.5, 0.6) is 0 Å². The summed E-state index contributed by atoms with van der Waals surface area (Å²) < 4.78 is 31.1. The zero-order valence-corrected chi connectivity index (χ0v) is 28.8. The molecular formula is C39H46F2N6O3. The van der Waals surface area contributed by atoms with Crippen LogP contribution in [-0.4, -0.2) is 79.2 Å². The Morgan fingerprint density at radius 3 is 2.54 bits per heavy atom. The van der Waals surface area contributed by atoms with E-state index in [1.165, 1.54) is 6.07 Å². The maximum absolute atomic E-state index is 15.6. The van der Waals surface area contributed by atoms with E-state index in [0.717, 1.165) is 66.9 Å². The number of aliphatic hydroxyl groups excluding tert-OH is 2. The van der Waals surface area contributed by atoms with E-state index in [9.17, 15) is 15.0 Å². The van der Waals surface area contributed by atoms with Crippen molar-refractivity contribution in [2.75, 3.05) is 26.2 Å². The monoisotopic (exact) mass is 684 g/mol. The Morgan fingerprint density at radius 1 is 1.08 bits per heavy atom. The van der Waals surface area contributed by atoms with Crippen LogP contribution in [0.1, 0.15) is 85.6 Å². The van der Waals surface area contributed by atoms with E-state index in [1.54, 1.807) is 30.7 Å². The molecule has 1 aromatic carbocycles. The number of hydrogen-bond acceptors (Lipinski definition) is 8. The highest BCUT2D eigenvalue weighted by atomic mass is 19.1. The number of hydrogen-bond donors (Lipinski definition) is 3. The molecule has 264 valence electrons. The van der Waals surface area contributed by atoms with E-state index in [2.05, 4.69) is 30.4 Å². The molecule has 3 aliphatic rings. The number of carbonyl (C=O) groups is 1. The minimum Gasteiger partial charge on any atom is -0.396 e. The summed E-state index contributed by atoms with van der Waals surface area (Å²) in [7, 11) is 0. The fourth-order valence-corrected chi connectivity index (χ4v) is 7.85. The number of aromatic nitrogens is 4. The van der Waals surface area contributed by atoms with E-state index in [0.29, 0.717) is 31.2 Å². The third-order valence-corrected chi connectivity index (χ3v) is 11.6. The first-order valence-electron chi connectivity index (χ1n) is 17.9. The van der Waals surface area contributed by atoms with Gasteiger partial charge in [0, 0.05) is 46.8 Å². The van der Waals surface area contributed by atoms with Crippen molar-refractivity contribution in [2.45, 2.75) is 83.0 Å². The Hall–Kier alpha value is -3.93. The SMILES string of the molecule is CC(C)[C@]1(F)CCc2nc3c(F)cc(C(=O)NC(CCN4CCC(C(O)C5(CO)CC5)CC4)c4ccc(-c5ccnnc5)nc4)cc3cc2C1. The first-order chi connectivity index (χ1) is 24.1. The molecule has 1 saturated heterocycles. The lowest BCUT2D eigenvalue weighted by Gasteiger charge is -2.37. The van der Waals surface area contributed by atoms with Crippen LogP contribution in [0.25, 0.3) is 22.2 Å². The van der Waals surface area contributed by atoms with Gasteiger partial charge in [0.05, 0.1) is 36.8 Å². The number of aryl methyl sites for hydroxylation is 1. The fourth-order valence-electron chi connectivity index (χ4n) is 7.85. The van der Waals surface area contributed by atoms with Crippen molar-refractivity contribution in [3.05, 3.63) is 83.2 Å². The smallest absolute Gasteiger partial charge is 0.251 e. The van der Waals surface area contributed by atoms with E-state index >= 15 is 8.78 Å². The standard InChI is InChI=1S/C39H46F2N6O3/c1-24(2)39(41)10-5-33-30(20-39)18-28-17-29(19-31(40)35(28)45-33)37(50)46-34(26-3-4-32(42-21-26)27-6-13-43-44-22-27)9-16-47-14-7-25(8-15-47)36(49)38(23-48)11-12-38/h3-4,6,13,17-19,21-22,24-25,34,36,48-49H,5,7-12,14-16,20,23H2,1-2H3,(H,46,50)/t34?,36?,39-/m0/s1. The molecule has 0 bridgehead atoms. The van der Waals surface area contributed by atoms with Crippen LogP contribution in [0.2, 0.25) is 0 Å². The minimum atomic E-state index is -1.34. The van der Waals surface area contributed by atoms with Gasteiger partial charge in [-0.1, -0.05) is 19.9 Å². The van der Waals surface area contributed by atoms with E-state index in [-0.39, 0.29) is 41.4 Å². The van der Waals surface area contributed by atoms with Gasteiger partial charge in [0.1, 0.15) is 17.0 Å². The highest BCUT2D eigenvalue weighted by molar-refractivity contribution is 5.98. The first-order valence-corrected chi connectivity index (χ1v) is 17.9. The summed E-state index contributed by atoms with van der Waals surface area (Å²) >= 11 is 0. The normalized spacial score (nSPS) is 21.9. The molecule has 50 heavy (non-hydrogen) atoms. The van der Waals surface area contributed by atoms with Gasteiger partial charge in [-0.05, 0) is 111 Å². The van der Waals surface area contributed by atoms with Gasteiger partial charge >= 0.3 is 0 Å². The van der Waals surface area contributed by atoms with Crippen molar-refractivity contribution in [3.63, 3.8) is 0 Å². The van der Waals surface area contributed by atoms with Gasteiger partial charge in [-0.15, -0.1) is 0 Å². The third kappa shape index (κ3) is 7.00. The average molecular weight is 685 g/mol. The number of aliphatic hydroxyl groups is 2. The highest BCUT2D eigenvalue weighted by Crippen LogP contribution is 2.51. The molecule has 11 heteroatoms. The van der Waals surface area contributed by atoms with Gasteiger partial charge in [-0.3, -0.25) is 9.78 Å². The number of carbonyl (C=O) groups excluding carboxylic acids is 1. The Bertz CT molecular complexity index is 1830. The maximum atomic E-state index is 15.6. The first kappa shape index (κ1) is 34.5. The molecule has 3 N–H and O–H groups in total. The summed E-state index contributed by atoms with van der Waals surface area (Å²) in [6, 6.07) is 9.93. The molecule has 4 heterocycles. The number of pyridine rings is 2. The summed E-state index contributed by atoms with van der Waals surface area (Å²) in [4.78, 5) is 25.4. The summed E-state index contributed by atoms with van der Waals surface area (Å²) in [6.45, 7) is 6.15. The lowest BCUT2D eigenvalue weighted by molar-refractivity contribution is -0.0150. The van der Waals surface area contributed by atoms with Gasteiger partial charge in [-0.2, -0.15) is 10.2 Å². The summed E-state index contributed by atoms with van der Waals surface area (Å²) in [6.07, 6.45) is 9.63. The molecule has 0 radical (unpaired) electrons. The summed E-state index contributed by atoms with van der Waals surface area (Å²) in [5.74, 6) is -0.978. The van der Waals surface area contributed by atoms with Gasteiger partial charge < -0.3 is 20.4 Å². The van der Waals surface area contributed by atoms with Crippen LogP contribution in [0.15, 0.2) is 55.0 Å². The summed E-state index contributed by atoms with van der Waals surface area (Å²) in [5, 5.41) is 32.1. The molecule has 1 amide bonds. The molecular weight excluding hydrogens is 638 g/mol. The highest BCUT2D eigenvalue weighted by Gasteiger charge is 2.51. The Balaban J connectivity index is 1.09. The van der Waals surface area contributed by atoms with Crippen LogP contribution in [0.3, 0.4) is 0 Å². The fraction of sp³-hybridized carbons (Fsp3) is 0.513. The number of piperidine rings is 1. The number of likely N-dealkylation sites (tertiary alicyclic amines) is 1. The van der Waals surface area contributed by atoms with Crippen molar-refractivity contribution < 1.29 is 23.8 Å². The van der Waals surface area contributed by atoms with Gasteiger partial charge in [0.15, 0.2) is 0 Å².